The lowest BCUT2D eigenvalue weighted by Crippen LogP contribution is -3.25. The van der Waals surface area contributed by atoms with Gasteiger partial charge in [-0.05, 0) is 138 Å². The van der Waals surface area contributed by atoms with E-state index in [9.17, 15) is 40.0 Å². The van der Waals surface area contributed by atoms with Crippen LogP contribution in [0.2, 0.25) is 0 Å². The summed E-state index contributed by atoms with van der Waals surface area (Å²) in [7, 11) is 0. The Balaban J connectivity index is -0.000000337. The van der Waals surface area contributed by atoms with Gasteiger partial charge in [0.05, 0.1) is 51.4 Å². The molecule has 4 heterocycles. The molecule has 4 rings (SSSR count). The highest BCUT2D eigenvalue weighted by molar-refractivity contribution is 5.82. The van der Waals surface area contributed by atoms with Crippen LogP contribution in [-0.4, -0.2) is 112 Å². The Morgan fingerprint density at radius 1 is 0.312 bits per heavy atom. The topological polar surface area (TPSA) is 327 Å². The van der Waals surface area contributed by atoms with Crippen molar-refractivity contribution in [1.82, 2.24) is 0 Å². The number of carboxylic acid groups (broad SMARTS) is 4. The molecule has 0 aromatic rings. The fourth-order valence-corrected chi connectivity index (χ4v) is 8.53. The van der Waals surface area contributed by atoms with Crippen molar-refractivity contribution in [1.29, 1.82) is 0 Å². The number of quaternary nitrogens is 4. The fraction of sp³-hybridized carbons (Fsp3) is 0.818. The number of hydroxylamine groups is 8. The van der Waals surface area contributed by atoms with E-state index in [2.05, 4.69) is 0 Å². The first kappa shape index (κ1) is 66.8. The van der Waals surface area contributed by atoms with Gasteiger partial charge in [-0.3, -0.25) is 19.2 Å². The maximum Gasteiger partial charge on any atom is 0.145 e. The quantitative estimate of drug-likeness (QED) is 0.114. The third-order valence-electron chi connectivity index (χ3n) is 10.2. The highest BCUT2D eigenvalue weighted by atomic mass is 16.5. The smallest absolute Gasteiger partial charge is 0.145 e. The van der Waals surface area contributed by atoms with Crippen molar-refractivity contribution in [2.45, 2.75) is 234 Å². The highest BCUT2D eigenvalue weighted by Crippen LogP contribution is 2.22. The standard InChI is InChI=1S/4C9H17NO2.4C2H4O2/c4*1-8(2)5-7(11)6-9(3,4)10(8)12;4*1-2(3)4/h4*12H,5-6H2,1-4H3;4*1H3,(H,3,4). The van der Waals surface area contributed by atoms with E-state index in [-0.39, 0.29) is 67.4 Å². The molecule has 0 unspecified atom stereocenters. The van der Waals surface area contributed by atoms with Gasteiger partial charge in [-0.25, -0.2) is 20.8 Å². The van der Waals surface area contributed by atoms with E-state index in [1.165, 1.54) is 0 Å². The van der Waals surface area contributed by atoms with Gasteiger partial charge in [-0.15, -0.1) is 0 Å². The average molecular weight is 925 g/mol. The number of carboxylic acids is 4. The number of nitrogens with one attached hydrogen (secondary N) is 4. The van der Waals surface area contributed by atoms with Crippen LogP contribution in [0.15, 0.2) is 0 Å². The molecule has 0 radical (unpaired) electrons. The summed E-state index contributed by atoms with van der Waals surface area (Å²) in [5, 5.41) is 76.8. The molecule has 20 heteroatoms. The number of Topliss-reactive ketones (excluding diaryl/α,β-unsaturated/α-hetero) is 4. The molecule has 4 aliphatic rings. The maximum absolute atomic E-state index is 11.3. The van der Waals surface area contributed by atoms with Crippen LogP contribution in [0.3, 0.4) is 0 Å². The van der Waals surface area contributed by atoms with Crippen LogP contribution < -0.4 is 40.7 Å². The van der Waals surface area contributed by atoms with E-state index in [1.807, 2.05) is 111 Å². The van der Waals surface area contributed by atoms with Crippen LogP contribution in [0.4, 0.5) is 0 Å². The summed E-state index contributed by atoms with van der Waals surface area (Å²) in [4.78, 5) is 80.8. The number of ketones is 4. The first-order valence-electron chi connectivity index (χ1n) is 21.0. The van der Waals surface area contributed by atoms with Crippen LogP contribution in [0.5, 0.6) is 0 Å². The SMILES string of the molecule is CC(=O)[O-].CC(=O)[O-].CC(=O)[O-].CC(=O)[O-].CC1(C)CC(=O)CC(C)(C)[NH+]1O.CC1(C)CC(=O)CC(C)(C)[NH+]1O.CC1(C)CC(=O)CC(C)(C)[NH+]1O.CC1(C)CC(=O)CC(C)(C)[NH+]1O. The first-order valence-corrected chi connectivity index (χ1v) is 21.0. The lowest BCUT2D eigenvalue weighted by atomic mass is 9.81. The fourth-order valence-electron chi connectivity index (χ4n) is 8.53. The molecule has 0 aromatic heterocycles. The molecular formula is C44H84N4O16. The number of carbonyl (C=O) groups excluding carboxylic acids is 8. The second-order valence-corrected chi connectivity index (χ2v) is 22.0. The average Bonchev–Trinajstić information content (AvgIpc) is 2.98. The predicted molar refractivity (Wildman–Crippen MR) is 223 cm³/mol. The Morgan fingerprint density at radius 3 is 0.438 bits per heavy atom. The van der Waals surface area contributed by atoms with E-state index in [0.29, 0.717) is 71.6 Å². The molecule has 8 N–H and O–H groups in total. The number of piperidine rings is 4. The largest absolute Gasteiger partial charge is 0.550 e. The van der Waals surface area contributed by atoms with E-state index in [4.69, 9.17) is 39.6 Å². The number of hydrogen-bond acceptors (Lipinski definition) is 16. The molecule has 0 spiro atoms. The van der Waals surface area contributed by atoms with Gasteiger partial charge in [0.1, 0.15) is 67.4 Å². The molecule has 4 aliphatic heterocycles. The van der Waals surface area contributed by atoms with Crippen LogP contribution in [0.25, 0.3) is 0 Å². The van der Waals surface area contributed by atoms with Gasteiger partial charge in [0.2, 0.25) is 0 Å². The molecule has 0 aromatic carbocycles. The van der Waals surface area contributed by atoms with E-state index < -0.39 is 23.9 Å². The summed E-state index contributed by atoms with van der Waals surface area (Å²) in [6.45, 7) is 34.6. The summed E-state index contributed by atoms with van der Waals surface area (Å²) < 4.78 is 0. The summed E-state index contributed by atoms with van der Waals surface area (Å²) in [5.41, 5.74) is -2.68. The molecular weight excluding hydrogens is 840 g/mol. The number of hydrogen-bond donors (Lipinski definition) is 8. The van der Waals surface area contributed by atoms with Crippen molar-refractivity contribution in [3.8, 4) is 0 Å². The third kappa shape index (κ3) is 26.9. The minimum Gasteiger partial charge on any atom is -0.550 e. The Hall–Kier alpha value is -3.76. The summed E-state index contributed by atoms with van der Waals surface area (Å²) in [6, 6.07) is 0. The number of aliphatic carboxylic acids is 4. The number of rotatable bonds is 0. The van der Waals surface area contributed by atoms with Gasteiger partial charge in [0.25, 0.3) is 0 Å². The minimum atomic E-state index is -1.08. The van der Waals surface area contributed by atoms with Crippen LogP contribution in [0.1, 0.15) is 190 Å². The lowest BCUT2D eigenvalue weighted by molar-refractivity contribution is -1.16. The van der Waals surface area contributed by atoms with Gasteiger partial charge >= 0.3 is 0 Å². The molecule has 0 aliphatic carbocycles. The monoisotopic (exact) mass is 925 g/mol. The van der Waals surface area contributed by atoms with Crippen LogP contribution in [0, 0.1) is 0 Å². The van der Waals surface area contributed by atoms with Gasteiger partial charge in [0, 0.05) is 23.9 Å². The Kier molecular flexibility index (Phi) is 27.0. The maximum atomic E-state index is 11.3. The zero-order valence-electron chi connectivity index (χ0n) is 42.3. The molecule has 0 bridgehead atoms. The predicted octanol–water partition coefficient (Wildman–Crippen LogP) is -4.25. The minimum absolute atomic E-state index is 0.253. The van der Waals surface area contributed by atoms with Crippen molar-refractivity contribution in [3.63, 3.8) is 0 Å². The summed E-state index contributed by atoms with van der Waals surface area (Å²) >= 11 is 0. The molecule has 20 nitrogen and oxygen atoms in total. The normalized spacial score (nSPS) is 23.2. The zero-order chi connectivity index (χ0) is 52.6. The molecule has 4 saturated heterocycles. The van der Waals surface area contributed by atoms with Crippen molar-refractivity contribution < 1.29 is 99.9 Å². The third-order valence-corrected chi connectivity index (χ3v) is 10.2. The Morgan fingerprint density at radius 2 is 0.375 bits per heavy atom. The summed E-state index contributed by atoms with van der Waals surface area (Å²) in [6.07, 6.45) is 3.80. The molecule has 376 valence electrons. The van der Waals surface area contributed by atoms with Crippen molar-refractivity contribution >= 4 is 47.0 Å². The molecule has 64 heavy (non-hydrogen) atoms. The van der Waals surface area contributed by atoms with Crippen molar-refractivity contribution in [2.75, 3.05) is 0 Å². The summed E-state index contributed by atoms with van der Waals surface area (Å²) in [5.74, 6) is -3.32. The lowest BCUT2D eigenvalue weighted by Gasteiger charge is -2.43. The second-order valence-electron chi connectivity index (χ2n) is 22.0. The van der Waals surface area contributed by atoms with Crippen LogP contribution >= 0.6 is 0 Å². The number of carbonyl (C=O) groups is 8. The highest BCUT2D eigenvalue weighted by Gasteiger charge is 2.52. The van der Waals surface area contributed by atoms with Gasteiger partial charge in [-0.1, -0.05) is 0 Å². The van der Waals surface area contributed by atoms with Gasteiger partial charge in [0.15, 0.2) is 0 Å². The van der Waals surface area contributed by atoms with Crippen molar-refractivity contribution in [3.05, 3.63) is 0 Å². The van der Waals surface area contributed by atoms with Crippen LogP contribution in [-0.2, 0) is 38.4 Å². The molecule has 0 saturated carbocycles. The first-order chi connectivity index (χ1) is 28.0. The van der Waals surface area contributed by atoms with Gasteiger partial charge in [-0.2, -0.15) is 20.3 Å². The van der Waals surface area contributed by atoms with E-state index in [1.54, 1.807) is 0 Å². The zero-order valence-corrected chi connectivity index (χ0v) is 42.3. The second kappa shape index (κ2) is 25.8. The van der Waals surface area contributed by atoms with E-state index in [0.717, 1.165) is 27.7 Å². The van der Waals surface area contributed by atoms with E-state index >= 15 is 0 Å². The Bertz CT molecular complexity index is 1270. The molecule has 0 amide bonds. The van der Waals surface area contributed by atoms with Gasteiger partial charge < -0.3 is 39.6 Å². The molecule has 0 atom stereocenters. The molecule has 4 fully saturated rings. The Labute approximate surface area is 380 Å². The van der Waals surface area contributed by atoms with Crippen molar-refractivity contribution in [2.24, 2.45) is 0 Å².